The van der Waals surface area contributed by atoms with Crippen LogP contribution >= 0.6 is 0 Å². The lowest BCUT2D eigenvalue weighted by Crippen LogP contribution is -2.53. The van der Waals surface area contributed by atoms with Crippen LogP contribution in [0.1, 0.15) is 43.0 Å². The molecular formula is C20H20F3N3O5S. The number of nitriles is 1. The maximum Gasteiger partial charge on any atom is 0.417 e. The van der Waals surface area contributed by atoms with E-state index >= 15 is 0 Å². The Morgan fingerprint density at radius 3 is 2.12 bits per heavy atom. The zero-order chi connectivity index (χ0) is 23.9. The van der Waals surface area contributed by atoms with Crippen LogP contribution < -0.4 is 0 Å². The number of aromatic hydroxyl groups is 2. The summed E-state index contributed by atoms with van der Waals surface area (Å²) in [4.78, 5) is 0. The van der Waals surface area contributed by atoms with Crippen LogP contribution in [0.5, 0.6) is 11.8 Å². The summed E-state index contributed by atoms with van der Waals surface area (Å²) in [6, 6.07) is 4.29. The van der Waals surface area contributed by atoms with E-state index in [0.717, 1.165) is 10.6 Å². The van der Waals surface area contributed by atoms with Gasteiger partial charge in [-0.05, 0) is 39.0 Å². The van der Waals surface area contributed by atoms with Gasteiger partial charge in [0.2, 0.25) is 21.8 Å². The third kappa shape index (κ3) is 2.99. The molecule has 12 heteroatoms. The van der Waals surface area contributed by atoms with Gasteiger partial charge in [0.15, 0.2) is 0 Å². The maximum absolute atomic E-state index is 13.4. The number of ether oxygens (including phenoxy) is 1. The summed E-state index contributed by atoms with van der Waals surface area (Å²) in [5, 5.41) is 31.0. The smallest absolute Gasteiger partial charge is 0.417 e. The Labute approximate surface area is 182 Å². The Kier molecular flexibility index (Phi) is 4.65. The van der Waals surface area contributed by atoms with E-state index in [2.05, 4.69) is 0 Å². The number of benzene rings is 1. The molecule has 8 nitrogen and oxygen atoms in total. The van der Waals surface area contributed by atoms with E-state index in [-0.39, 0.29) is 35.7 Å². The molecule has 1 aromatic heterocycles. The normalized spacial score (nSPS) is 25.5. The minimum absolute atomic E-state index is 0.115. The van der Waals surface area contributed by atoms with E-state index < -0.39 is 50.3 Å². The Balaban J connectivity index is 1.92. The highest BCUT2D eigenvalue weighted by atomic mass is 32.2. The van der Waals surface area contributed by atoms with Crippen LogP contribution in [-0.2, 0) is 32.1 Å². The van der Waals surface area contributed by atoms with Crippen LogP contribution in [0.4, 0.5) is 13.2 Å². The van der Waals surface area contributed by atoms with Crippen LogP contribution in [-0.4, -0.2) is 46.3 Å². The van der Waals surface area contributed by atoms with Crippen LogP contribution in [0.25, 0.3) is 5.69 Å². The number of hydrogen-bond donors (Lipinski definition) is 2. The molecule has 1 fully saturated rings. The highest BCUT2D eigenvalue weighted by Gasteiger charge is 2.60. The number of sulfonamides is 1. The van der Waals surface area contributed by atoms with E-state index in [1.54, 1.807) is 13.8 Å². The number of halogens is 3. The summed E-state index contributed by atoms with van der Waals surface area (Å²) < 4.78 is 73.4. The SMILES string of the molecule is CCS(=O)(=O)N1CC2(C)OC(C)(C1)c1c2c(O)n(-c2ccc(C#N)c(C(F)(F)F)c2)c1O. The maximum atomic E-state index is 13.4. The third-order valence-electron chi connectivity index (χ3n) is 6.03. The van der Waals surface area contributed by atoms with Gasteiger partial charge in [0.05, 0.1) is 39.8 Å². The average molecular weight is 471 g/mol. The third-order valence-corrected chi connectivity index (χ3v) is 7.81. The van der Waals surface area contributed by atoms with Crippen molar-refractivity contribution in [3.63, 3.8) is 0 Å². The molecule has 2 atom stereocenters. The molecule has 1 saturated heterocycles. The number of rotatable bonds is 3. The minimum atomic E-state index is -4.82. The number of nitrogens with zero attached hydrogens (tertiary/aromatic N) is 3. The summed E-state index contributed by atoms with van der Waals surface area (Å²) in [5.74, 6) is -1.26. The first-order valence-electron chi connectivity index (χ1n) is 9.66. The second-order valence-corrected chi connectivity index (χ2v) is 10.6. The molecule has 2 N–H and O–H groups in total. The fourth-order valence-electron chi connectivity index (χ4n) is 4.73. The second kappa shape index (κ2) is 6.63. The average Bonchev–Trinajstić information content (AvgIpc) is 3.06. The highest BCUT2D eigenvalue weighted by Crippen LogP contribution is 2.59. The molecule has 3 heterocycles. The Bertz CT molecular complexity index is 1240. The molecule has 4 rings (SSSR count). The summed E-state index contributed by atoms with van der Waals surface area (Å²) in [6.45, 7) is 4.33. The quantitative estimate of drug-likeness (QED) is 0.711. The van der Waals surface area contributed by atoms with Gasteiger partial charge in [0.1, 0.15) is 11.2 Å². The first-order valence-corrected chi connectivity index (χ1v) is 11.3. The van der Waals surface area contributed by atoms with Crippen molar-refractivity contribution in [2.45, 2.75) is 38.1 Å². The predicted molar refractivity (Wildman–Crippen MR) is 106 cm³/mol. The Morgan fingerprint density at radius 1 is 1.16 bits per heavy atom. The van der Waals surface area contributed by atoms with Crippen molar-refractivity contribution < 1.29 is 36.5 Å². The molecule has 2 aliphatic heterocycles. The minimum Gasteiger partial charge on any atom is -0.494 e. The molecule has 0 saturated carbocycles. The van der Waals surface area contributed by atoms with E-state index in [1.807, 2.05) is 0 Å². The van der Waals surface area contributed by atoms with Crippen molar-refractivity contribution in [1.29, 1.82) is 5.26 Å². The van der Waals surface area contributed by atoms with Gasteiger partial charge < -0.3 is 14.9 Å². The van der Waals surface area contributed by atoms with Gasteiger partial charge in [-0.25, -0.2) is 8.42 Å². The molecule has 2 aliphatic rings. The van der Waals surface area contributed by atoms with Gasteiger partial charge in [-0.15, -0.1) is 0 Å². The molecule has 0 radical (unpaired) electrons. The van der Waals surface area contributed by atoms with E-state index in [9.17, 15) is 31.8 Å². The van der Waals surface area contributed by atoms with Crippen molar-refractivity contribution in [3.8, 4) is 23.5 Å². The summed E-state index contributed by atoms with van der Waals surface area (Å²) in [7, 11) is -3.61. The van der Waals surface area contributed by atoms with Crippen LogP contribution in [0.3, 0.4) is 0 Å². The van der Waals surface area contributed by atoms with Crippen LogP contribution in [0.2, 0.25) is 0 Å². The Morgan fingerprint density at radius 2 is 1.69 bits per heavy atom. The van der Waals surface area contributed by atoms with Gasteiger partial charge in [0, 0.05) is 13.1 Å². The first kappa shape index (κ1) is 22.4. The number of aromatic nitrogens is 1. The molecule has 0 spiro atoms. The van der Waals surface area contributed by atoms with E-state index in [0.29, 0.717) is 6.07 Å². The largest absolute Gasteiger partial charge is 0.494 e. The summed E-state index contributed by atoms with van der Waals surface area (Å²) in [5.41, 5.74) is -4.45. The van der Waals surface area contributed by atoms with Gasteiger partial charge in [-0.1, -0.05) is 0 Å². The zero-order valence-electron chi connectivity index (χ0n) is 17.4. The molecule has 2 bridgehead atoms. The van der Waals surface area contributed by atoms with Crippen molar-refractivity contribution >= 4 is 10.0 Å². The fraction of sp³-hybridized carbons (Fsp3) is 0.450. The molecule has 32 heavy (non-hydrogen) atoms. The van der Waals surface area contributed by atoms with Crippen molar-refractivity contribution in [3.05, 3.63) is 40.5 Å². The Hall–Kier alpha value is -2.75. The zero-order valence-corrected chi connectivity index (χ0v) is 18.2. The van der Waals surface area contributed by atoms with Crippen LogP contribution in [0.15, 0.2) is 18.2 Å². The standard InChI is InChI=1S/C20H20F3N3O5S/c1-4-32(29,30)25-9-18(2)14-15(19(3,10-25)31-18)17(28)26(16(14)27)12-6-5-11(8-24)13(7-12)20(21,22)23/h5-7,27-28H,4,9-10H2,1-3H3. The molecular weight excluding hydrogens is 451 g/mol. The highest BCUT2D eigenvalue weighted by molar-refractivity contribution is 7.89. The number of alkyl halides is 3. The molecule has 2 aromatic rings. The second-order valence-electron chi connectivity index (χ2n) is 8.30. The molecule has 1 aromatic carbocycles. The topological polar surface area (TPSA) is 116 Å². The summed E-state index contributed by atoms with van der Waals surface area (Å²) >= 11 is 0. The lowest BCUT2D eigenvalue weighted by molar-refractivity contribution is -0.170. The first-order chi connectivity index (χ1) is 14.7. The summed E-state index contributed by atoms with van der Waals surface area (Å²) in [6.07, 6.45) is -4.82. The van der Waals surface area contributed by atoms with Gasteiger partial charge >= 0.3 is 6.18 Å². The molecule has 172 valence electrons. The van der Waals surface area contributed by atoms with E-state index in [1.165, 1.54) is 23.4 Å². The number of morpholine rings is 1. The van der Waals surface area contributed by atoms with Crippen molar-refractivity contribution in [2.24, 2.45) is 0 Å². The van der Waals surface area contributed by atoms with Gasteiger partial charge in [-0.2, -0.15) is 22.7 Å². The molecule has 0 amide bonds. The van der Waals surface area contributed by atoms with E-state index in [4.69, 9.17) is 10.00 Å². The number of fused-ring (bicyclic) bond motifs is 5. The van der Waals surface area contributed by atoms with Crippen molar-refractivity contribution in [2.75, 3.05) is 18.8 Å². The monoisotopic (exact) mass is 471 g/mol. The fourth-order valence-corrected chi connectivity index (χ4v) is 5.98. The lowest BCUT2D eigenvalue weighted by Gasteiger charge is -2.43. The van der Waals surface area contributed by atoms with Crippen molar-refractivity contribution in [1.82, 2.24) is 8.87 Å². The molecule has 0 aliphatic carbocycles. The lowest BCUT2D eigenvalue weighted by atomic mass is 9.94. The molecule has 2 unspecified atom stereocenters. The number of hydrogen-bond acceptors (Lipinski definition) is 6. The van der Waals surface area contributed by atoms with Gasteiger partial charge in [0.25, 0.3) is 0 Å². The van der Waals surface area contributed by atoms with Gasteiger partial charge in [-0.3, -0.25) is 4.57 Å². The van der Waals surface area contributed by atoms with Crippen LogP contribution in [0, 0.1) is 11.3 Å². The predicted octanol–water partition coefficient (Wildman–Crippen LogP) is 2.90.